The zero-order valence-corrected chi connectivity index (χ0v) is 20.3. The second-order valence-electron chi connectivity index (χ2n) is 8.68. The van der Waals surface area contributed by atoms with Crippen LogP contribution in [0.15, 0.2) is 64.3 Å². The molecule has 0 radical (unpaired) electrons. The largest absolute Gasteiger partial charge is 0.496 e. The highest BCUT2D eigenvalue weighted by Crippen LogP contribution is 2.51. The number of methoxy groups -OCH3 is 2. The Morgan fingerprint density at radius 3 is 2.62 bits per heavy atom. The van der Waals surface area contributed by atoms with Gasteiger partial charge in [0, 0.05) is 48.1 Å². The molecule has 0 aliphatic carbocycles. The van der Waals surface area contributed by atoms with E-state index >= 15 is 0 Å². The number of ether oxygens (including phenoxy) is 2. The first-order chi connectivity index (χ1) is 16.4. The number of aromatic nitrogens is 2. The first kappa shape index (κ1) is 22.5. The summed E-state index contributed by atoms with van der Waals surface area (Å²) in [4.78, 5) is 20.0. The molecule has 0 N–H and O–H groups in total. The summed E-state index contributed by atoms with van der Waals surface area (Å²) in [6.07, 6.45) is 6.38. The maximum atomic E-state index is 13.4. The van der Waals surface area contributed by atoms with E-state index in [1.54, 1.807) is 25.4 Å². The second-order valence-corrected chi connectivity index (χ2v) is 9.09. The maximum Gasteiger partial charge on any atom is 0.197 e. The molecule has 2 atom stereocenters. The van der Waals surface area contributed by atoms with E-state index in [4.69, 9.17) is 25.5 Å². The molecule has 1 saturated heterocycles. The fraction of sp³-hybridized carbons (Fsp3) is 0.308. The maximum absolute atomic E-state index is 13.4. The van der Waals surface area contributed by atoms with E-state index in [1.807, 2.05) is 30.7 Å². The number of hydrogen-bond donors (Lipinski definition) is 0. The van der Waals surface area contributed by atoms with Crippen molar-refractivity contribution < 1.29 is 13.9 Å². The minimum absolute atomic E-state index is 0.0558. The number of likely N-dealkylation sites (N-methyl/N-ethyl adjacent to an activating group) is 1. The van der Waals surface area contributed by atoms with Gasteiger partial charge in [0.15, 0.2) is 5.43 Å². The minimum atomic E-state index is -0.454. The first-order valence-corrected chi connectivity index (χ1v) is 11.4. The molecule has 3 heterocycles. The highest BCUT2D eigenvalue weighted by atomic mass is 35.5. The lowest BCUT2D eigenvalue weighted by Gasteiger charge is -2.39. The van der Waals surface area contributed by atoms with Crippen LogP contribution in [0, 0.1) is 0 Å². The van der Waals surface area contributed by atoms with Crippen LogP contribution >= 0.6 is 11.6 Å². The third kappa shape index (κ3) is 3.30. The van der Waals surface area contributed by atoms with Crippen LogP contribution in [-0.4, -0.2) is 42.3 Å². The topological polar surface area (TPSA) is 69.7 Å². The number of rotatable bonds is 5. The lowest BCUT2D eigenvalue weighted by atomic mass is 9.85. The van der Waals surface area contributed by atoms with Gasteiger partial charge in [0.2, 0.25) is 0 Å². The average Bonchev–Trinajstić information content (AvgIpc) is 3.48. The molecule has 0 bridgehead atoms. The molecule has 2 unspecified atom stereocenters. The predicted octanol–water partition coefficient (Wildman–Crippen LogP) is 5.12. The van der Waals surface area contributed by atoms with E-state index in [0.717, 1.165) is 18.5 Å². The number of hydrogen-bond acceptors (Lipinski definition) is 6. The molecular weight excluding hydrogens is 454 g/mol. The van der Waals surface area contributed by atoms with Crippen LogP contribution in [-0.2, 0) is 5.66 Å². The molecule has 7 nitrogen and oxygen atoms in total. The molecule has 0 saturated carbocycles. The van der Waals surface area contributed by atoms with Gasteiger partial charge in [-0.2, -0.15) is 0 Å². The summed E-state index contributed by atoms with van der Waals surface area (Å²) in [7, 11) is 5.24. The van der Waals surface area contributed by atoms with Gasteiger partial charge in [-0.25, -0.2) is 4.98 Å². The van der Waals surface area contributed by atoms with Gasteiger partial charge in [0.05, 0.1) is 25.6 Å². The van der Waals surface area contributed by atoms with Gasteiger partial charge in [0.1, 0.15) is 33.9 Å². The van der Waals surface area contributed by atoms with Gasteiger partial charge >= 0.3 is 0 Å². The van der Waals surface area contributed by atoms with Gasteiger partial charge in [-0.1, -0.05) is 23.7 Å². The minimum Gasteiger partial charge on any atom is -0.496 e. The molecule has 1 aliphatic heterocycles. The highest BCUT2D eigenvalue weighted by molar-refractivity contribution is 6.33. The molecule has 176 valence electrons. The SMILES string of the molecule is COc1cc(OC)c2c(=O)cc(-c3ccccc3Cl)oc2c1C1CCN(C)C1(C)n1ccnc1. The zero-order chi connectivity index (χ0) is 24.0. The van der Waals surface area contributed by atoms with E-state index < -0.39 is 5.66 Å². The molecule has 0 spiro atoms. The van der Waals surface area contributed by atoms with E-state index in [1.165, 1.54) is 13.2 Å². The summed E-state index contributed by atoms with van der Waals surface area (Å²) in [5.74, 6) is 1.36. The molecule has 1 aliphatic rings. The van der Waals surface area contributed by atoms with Gasteiger partial charge in [0.25, 0.3) is 0 Å². The Labute approximate surface area is 202 Å². The molecule has 8 heteroatoms. The number of benzene rings is 2. The van der Waals surface area contributed by atoms with Gasteiger partial charge in [-0.05, 0) is 32.5 Å². The molecule has 2 aromatic carbocycles. The zero-order valence-electron chi connectivity index (χ0n) is 19.5. The molecular formula is C26H26ClN3O4. The van der Waals surface area contributed by atoms with Crippen molar-refractivity contribution >= 4 is 22.6 Å². The predicted molar refractivity (Wildman–Crippen MR) is 132 cm³/mol. The van der Waals surface area contributed by atoms with Gasteiger partial charge < -0.3 is 18.5 Å². The van der Waals surface area contributed by atoms with E-state index in [0.29, 0.717) is 38.8 Å². The van der Waals surface area contributed by atoms with Gasteiger partial charge in [-0.3, -0.25) is 9.69 Å². The highest BCUT2D eigenvalue weighted by Gasteiger charge is 2.47. The van der Waals surface area contributed by atoms with Gasteiger partial charge in [-0.15, -0.1) is 0 Å². The van der Waals surface area contributed by atoms with Crippen LogP contribution < -0.4 is 14.9 Å². The number of imidazole rings is 1. The fourth-order valence-electron chi connectivity index (χ4n) is 5.16. The van der Waals surface area contributed by atoms with E-state index in [-0.39, 0.29) is 11.3 Å². The Hall–Kier alpha value is -3.29. The number of halogens is 1. The van der Waals surface area contributed by atoms with E-state index in [2.05, 4.69) is 28.4 Å². The van der Waals surface area contributed by atoms with Crippen molar-refractivity contribution in [3.63, 3.8) is 0 Å². The van der Waals surface area contributed by atoms with Crippen LogP contribution in [0.1, 0.15) is 24.8 Å². The van der Waals surface area contributed by atoms with Crippen molar-refractivity contribution in [3.05, 3.63) is 75.9 Å². The molecule has 1 fully saturated rings. The molecule has 5 rings (SSSR count). The lowest BCUT2D eigenvalue weighted by molar-refractivity contribution is 0.0918. The summed E-state index contributed by atoms with van der Waals surface area (Å²) < 4.78 is 20.0. The Morgan fingerprint density at radius 1 is 1.18 bits per heavy atom. The van der Waals surface area contributed by atoms with E-state index in [9.17, 15) is 4.79 Å². The Balaban J connectivity index is 1.86. The van der Waals surface area contributed by atoms with Crippen molar-refractivity contribution in [2.75, 3.05) is 27.8 Å². The quantitative estimate of drug-likeness (QED) is 0.395. The van der Waals surface area contributed by atoms with Crippen molar-refractivity contribution in [3.8, 4) is 22.8 Å². The Bertz CT molecular complexity index is 1420. The Morgan fingerprint density at radius 2 is 1.94 bits per heavy atom. The summed E-state index contributed by atoms with van der Waals surface area (Å²) in [6, 6.07) is 10.6. The summed E-state index contributed by atoms with van der Waals surface area (Å²) in [6.45, 7) is 3.02. The molecule has 2 aromatic heterocycles. The van der Waals surface area contributed by atoms with Crippen LogP contribution in [0.3, 0.4) is 0 Å². The molecule has 4 aromatic rings. The van der Waals surface area contributed by atoms with Crippen LogP contribution in [0.4, 0.5) is 0 Å². The van der Waals surface area contributed by atoms with Crippen LogP contribution in [0.2, 0.25) is 5.02 Å². The lowest BCUT2D eigenvalue weighted by Crippen LogP contribution is -2.44. The number of nitrogens with zero attached hydrogens (tertiary/aromatic N) is 3. The Kier molecular flexibility index (Phi) is 5.62. The van der Waals surface area contributed by atoms with Crippen LogP contribution in [0.5, 0.6) is 11.5 Å². The standard InChI is InChI=1S/C26H26ClN3O4/c1-26(30-12-10-28-15-30)17(9-11-29(26)2)23-21(32-3)14-22(33-4)24-19(31)13-20(34-25(23)24)16-7-5-6-8-18(16)27/h5-8,10,12-15,17H,9,11H2,1-4H3. The molecule has 0 amide bonds. The third-order valence-electron chi connectivity index (χ3n) is 7.11. The third-order valence-corrected chi connectivity index (χ3v) is 7.44. The second kappa shape index (κ2) is 8.49. The first-order valence-electron chi connectivity index (χ1n) is 11.1. The summed E-state index contributed by atoms with van der Waals surface area (Å²) in [5, 5.41) is 0.891. The number of likely N-dealkylation sites (tertiary alicyclic amines) is 1. The summed E-state index contributed by atoms with van der Waals surface area (Å²) in [5.41, 5.74) is 1.27. The smallest absolute Gasteiger partial charge is 0.197 e. The van der Waals surface area contributed by atoms with Crippen LogP contribution in [0.25, 0.3) is 22.3 Å². The fourth-order valence-corrected chi connectivity index (χ4v) is 5.39. The normalized spacial score (nSPS) is 20.7. The summed E-state index contributed by atoms with van der Waals surface area (Å²) >= 11 is 6.45. The van der Waals surface area contributed by atoms with Crippen molar-refractivity contribution in [2.45, 2.75) is 24.9 Å². The van der Waals surface area contributed by atoms with Crippen molar-refractivity contribution in [1.82, 2.24) is 14.5 Å². The van der Waals surface area contributed by atoms with Crippen molar-refractivity contribution in [2.24, 2.45) is 0 Å². The van der Waals surface area contributed by atoms with Crippen molar-refractivity contribution in [1.29, 1.82) is 0 Å². The molecule has 34 heavy (non-hydrogen) atoms. The monoisotopic (exact) mass is 479 g/mol. The average molecular weight is 480 g/mol. The number of fused-ring (bicyclic) bond motifs is 1.